The molecule has 0 saturated heterocycles. The smallest absolute Gasteiger partial charge is 0.0987 e. The minimum absolute atomic E-state index is 0.402. The Balaban J connectivity index is 2.18. The molecule has 2 N–H and O–H groups in total. The fourth-order valence-corrected chi connectivity index (χ4v) is 2.98. The van der Waals surface area contributed by atoms with E-state index in [1.165, 1.54) is 23.5 Å². The van der Waals surface area contributed by atoms with Crippen LogP contribution in [0.4, 0.5) is 0 Å². The molecule has 0 aliphatic heterocycles. The maximum atomic E-state index is 5.80. The number of thiazole rings is 1. The molecule has 1 aromatic rings. The first-order chi connectivity index (χ1) is 7.07. The first-order valence-corrected chi connectivity index (χ1v) is 6.61. The van der Waals surface area contributed by atoms with Crippen molar-refractivity contribution in [2.75, 3.05) is 6.54 Å². The fourth-order valence-electron chi connectivity index (χ4n) is 1.87. The third kappa shape index (κ3) is 2.08. The summed E-state index contributed by atoms with van der Waals surface area (Å²) in [5, 5.41) is 3.52. The summed E-state index contributed by atoms with van der Waals surface area (Å²) in [4.78, 5) is 4.77. The van der Waals surface area contributed by atoms with Crippen LogP contribution in [0.1, 0.15) is 50.2 Å². The van der Waals surface area contributed by atoms with Crippen molar-refractivity contribution in [1.29, 1.82) is 0 Å². The zero-order chi connectivity index (χ0) is 11.1. The summed E-state index contributed by atoms with van der Waals surface area (Å²) >= 11 is 1.81. The van der Waals surface area contributed by atoms with Crippen LogP contribution < -0.4 is 5.73 Å². The number of nitrogens with zero attached hydrogens (tertiary/aromatic N) is 1. The van der Waals surface area contributed by atoms with Crippen molar-refractivity contribution in [2.45, 2.75) is 44.9 Å². The predicted octanol–water partition coefficient (Wildman–Crippen LogP) is 2.89. The van der Waals surface area contributed by atoms with Crippen molar-refractivity contribution >= 4 is 11.3 Å². The molecule has 84 valence electrons. The van der Waals surface area contributed by atoms with E-state index in [4.69, 9.17) is 10.7 Å². The molecule has 1 heterocycles. The summed E-state index contributed by atoms with van der Waals surface area (Å²) in [5.41, 5.74) is 7.42. The van der Waals surface area contributed by atoms with E-state index in [2.05, 4.69) is 26.2 Å². The predicted molar refractivity (Wildman–Crippen MR) is 65.3 cm³/mol. The molecule has 0 amide bonds. The summed E-state index contributed by atoms with van der Waals surface area (Å²) in [6.45, 7) is 7.45. The van der Waals surface area contributed by atoms with Gasteiger partial charge in [-0.3, -0.25) is 0 Å². The van der Waals surface area contributed by atoms with Crippen LogP contribution in [-0.2, 0) is 5.41 Å². The van der Waals surface area contributed by atoms with E-state index in [1.807, 2.05) is 11.3 Å². The van der Waals surface area contributed by atoms with Crippen molar-refractivity contribution in [3.8, 4) is 0 Å². The summed E-state index contributed by atoms with van der Waals surface area (Å²) in [7, 11) is 0. The zero-order valence-electron chi connectivity index (χ0n) is 9.79. The Morgan fingerprint density at radius 1 is 1.53 bits per heavy atom. The Bertz CT molecular complexity index is 339. The van der Waals surface area contributed by atoms with Crippen LogP contribution in [0.5, 0.6) is 0 Å². The maximum Gasteiger partial charge on any atom is 0.0987 e. The number of nitrogens with two attached hydrogens (primary N) is 1. The average Bonchev–Trinajstić information content (AvgIpc) is 2.76. The Morgan fingerprint density at radius 2 is 2.20 bits per heavy atom. The Hall–Kier alpha value is -0.410. The lowest BCUT2D eigenvalue weighted by atomic mass is 9.93. The van der Waals surface area contributed by atoms with Crippen molar-refractivity contribution in [2.24, 2.45) is 11.7 Å². The highest BCUT2D eigenvalue weighted by Crippen LogP contribution is 2.49. The Morgan fingerprint density at radius 3 is 2.67 bits per heavy atom. The van der Waals surface area contributed by atoms with Gasteiger partial charge in [-0.1, -0.05) is 20.8 Å². The van der Waals surface area contributed by atoms with Crippen molar-refractivity contribution in [1.82, 2.24) is 4.98 Å². The first-order valence-electron chi connectivity index (χ1n) is 5.73. The minimum atomic E-state index is 0.402. The fraction of sp³-hybridized carbons (Fsp3) is 0.750. The summed E-state index contributed by atoms with van der Waals surface area (Å²) in [5.74, 6) is 1.01. The van der Waals surface area contributed by atoms with Crippen LogP contribution in [0, 0.1) is 5.92 Å². The van der Waals surface area contributed by atoms with Gasteiger partial charge in [0.1, 0.15) is 0 Å². The number of aromatic nitrogens is 1. The third-order valence-electron chi connectivity index (χ3n) is 3.48. The monoisotopic (exact) mass is 224 g/mol. The van der Waals surface area contributed by atoms with Crippen LogP contribution in [0.3, 0.4) is 0 Å². The second-order valence-electron chi connectivity index (χ2n) is 5.22. The zero-order valence-corrected chi connectivity index (χ0v) is 10.6. The second-order valence-corrected chi connectivity index (χ2v) is 6.08. The van der Waals surface area contributed by atoms with Gasteiger partial charge in [-0.25, -0.2) is 4.98 Å². The maximum absolute atomic E-state index is 5.80. The largest absolute Gasteiger partial charge is 0.330 e. The summed E-state index contributed by atoms with van der Waals surface area (Å²) in [6, 6.07) is 0. The van der Waals surface area contributed by atoms with E-state index in [0.29, 0.717) is 23.8 Å². The van der Waals surface area contributed by atoms with Gasteiger partial charge >= 0.3 is 0 Å². The van der Waals surface area contributed by atoms with Gasteiger partial charge in [0.15, 0.2) is 0 Å². The van der Waals surface area contributed by atoms with E-state index in [0.717, 1.165) is 0 Å². The van der Waals surface area contributed by atoms with Crippen LogP contribution in [0.15, 0.2) is 5.38 Å². The first kappa shape index (κ1) is 11.1. The van der Waals surface area contributed by atoms with E-state index in [1.54, 1.807) is 0 Å². The Labute approximate surface area is 95.9 Å². The standard InChI is InChI=1S/C12H20N2S/c1-8(2)9(6-13)10-7-15-11(14-10)12(3)4-5-12/h7-9H,4-6,13H2,1-3H3. The highest BCUT2D eigenvalue weighted by atomic mass is 32.1. The molecule has 1 atom stereocenters. The molecule has 2 nitrogen and oxygen atoms in total. The molecule has 1 fully saturated rings. The van der Waals surface area contributed by atoms with E-state index in [-0.39, 0.29) is 0 Å². The Kier molecular flexibility index (Phi) is 2.86. The van der Waals surface area contributed by atoms with Gasteiger partial charge in [0, 0.05) is 23.3 Å². The molecule has 15 heavy (non-hydrogen) atoms. The molecule has 1 aliphatic carbocycles. The summed E-state index contributed by atoms with van der Waals surface area (Å²) < 4.78 is 0. The SMILES string of the molecule is CC(C)C(CN)c1csc(C2(C)CC2)n1. The molecule has 0 spiro atoms. The third-order valence-corrected chi connectivity index (χ3v) is 4.64. The van der Waals surface area contributed by atoms with Gasteiger partial charge in [-0.05, 0) is 18.8 Å². The van der Waals surface area contributed by atoms with Crippen LogP contribution in [0.25, 0.3) is 0 Å². The van der Waals surface area contributed by atoms with Gasteiger partial charge in [0.25, 0.3) is 0 Å². The van der Waals surface area contributed by atoms with E-state index >= 15 is 0 Å². The van der Waals surface area contributed by atoms with Gasteiger partial charge < -0.3 is 5.73 Å². The normalized spacial score (nSPS) is 20.6. The van der Waals surface area contributed by atoms with Crippen LogP contribution in [-0.4, -0.2) is 11.5 Å². The van der Waals surface area contributed by atoms with Crippen molar-refractivity contribution in [3.05, 3.63) is 16.1 Å². The molecule has 1 aliphatic rings. The van der Waals surface area contributed by atoms with Crippen LogP contribution in [0.2, 0.25) is 0 Å². The minimum Gasteiger partial charge on any atom is -0.330 e. The average molecular weight is 224 g/mol. The molecule has 1 aromatic heterocycles. The van der Waals surface area contributed by atoms with Crippen LogP contribution >= 0.6 is 11.3 Å². The van der Waals surface area contributed by atoms with Crippen molar-refractivity contribution in [3.63, 3.8) is 0 Å². The molecule has 2 rings (SSSR count). The lowest BCUT2D eigenvalue weighted by Crippen LogP contribution is -2.18. The topological polar surface area (TPSA) is 38.9 Å². The molecular weight excluding hydrogens is 204 g/mol. The molecule has 0 bridgehead atoms. The lowest BCUT2D eigenvalue weighted by molar-refractivity contribution is 0.496. The number of hydrogen-bond acceptors (Lipinski definition) is 3. The second kappa shape index (κ2) is 3.87. The number of rotatable bonds is 4. The highest BCUT2D eigenvalue weighted by molar-refractivity contribution is 7.09. The van der Waals surface area contributed by atoms with E-state index < -0.39 is 0 Å². The van der Waals surface area contributed by atoms with E-state index in [9.17, 15) is 0 Å². The van der Waals surface area contributed by atoms with Gasteiger partial charge in [0.2, 0.25) is 0 Å². The molecule has 0 radical (unpaired) electrons. The molecule has 1 saturated carbocycles. The molecule has 1 unspecified atom stereocenters. The van der Waals surface area contributed by atoms with Gasteiger partial charge in [-0.15, -0.1) is 11.3 Å². The number of hydrogen-bond donors (Lipinski definition) is 1. The van der Waals surface area contributed by atoms with Crippen molar-refractivity contribution < 1.29 is 0 Å². The molecule has 3 heteroatoms. The lowest BCUT2D eigenvalue weighted by Gasteiger charge is -2.16. The highest BCUT2D eigenvalue weighted by Gasteiger charge is 2.42. The molecule has 0 aromatic carbocycles. The summed E-state index contributed by atoms with van der Waals surface area (Å²) in [6.07, 6.45) is 2.60. The van der Waals surface area contributed by atoms with Gasteiger partial charge in [0.05, 0.1) is 10.7 Å². The quantitative estimate of drug-likeness (QED) is 0.854. The van der Waals surface area contributed by atoms with Gasteiger partial charge in [-0.2, -0.15) is 0 Å². The molecular formula is C12H20N2S.